The maximum Gasteiger partial charge on any atom is 0.355 e. The molecule has 1 aliphatic carbocycles. The molecule has 3 N–H and O–H groups in total. The third-order valence-corrected chi connectivity index (χ3v) is 12.1. The van der Waals surface area contributed by atoms with Crippen LogP contribution in [0.2, 0.25) is 0 Å². The zero-order valence-electron chi connectivity index (χ0n) is 31.4. The van der Waals surface area contributed by atoms with Crippen molar-refractivity contribution in [3.05, 3.63) is 58.2 Å². The fourth-order valence-corrected chi connectivity index (χ4v) is 8.79. The normalized spacial score (nSPS) is 25.3. The number of pyridine rings is 1. The third-order valence-electron chi connectivity index (χ3n) is 11.2. The maximum absolute atomic E-state index is 14.1. The molecule has 0 spiro atoms. The first-order valence-corrected chi connectivity index (χ1v) is 19.6. The van der Waals surface area contributed by atoms with E-state index in [2.05, 4.69) is 46.5 Å². The van der Waals surface area contributed by atoms with Crippen molar-refractivity contribution in [3.63, 3.8) is 0 Å². The Hall–Kier alpha value is -4.17. The number of aromatic nitrogens is 3. The first kappa shape index (κ1) is 37.2. The number of esters is 1. The summed E-state index contributed by atoms with van der Waals surface area (Å²) in [5, 5.41) is 19.6. The number of rotatable bonds is 6. The van der Waals surface area contributed by atoms with E-state index in [1.165, 1.54) is 16.3 Å². The van der Waals surface area contributed by atoms with Crippen LogP contribution in [-0.4, -0.2) is 74.5 Å². The van der Waals surface area contributed by atoms with E-state index in [4.69, 9.17) is 19.4 Å². The number of ether oxygens (including phenoxy) is 2. The van der Waals surface area contributed by atoms with Crippen molar-refractivity contribution >= 4 is 40.0 Å². The Bertz CT molecular complexity index is 2040. The standard InChI is InChI=1S/C40H50N6O6S/c1-7-45-32-14-12-25-18-28(32)29(35(45)27-10-8-16-41-34(27)24(3)51-6)20-39(4,5)22-52-38(49)40(50)15-9-17-46(44-40)37(48)30(19-33-42-31(25)21-53-33)43-36(47)26-13-11-23(26)2/h8,10,12,14,16,18,21,23-24,26,30,44,50H,7,9,11,13,15,17,19-20,22H2,1-6H3,(H,43,47)/t23-,24+,26-,30+,40+/m1/s1. The summed E-state index contributed by atoms with van der Waals surface area (Å²) in [4.78, 5) is 51.0. The summed E-state index contributed by atoms with van der Waals surface area (Å²) in [7, 11) is 1.68. The molecule has 5 heterocycles. The van der Waals surface area contributed by atoms with Crippen LogP contribution >= 0.6 is 11.3 Å². The van der Waals surface area contributed by atoms with Gasteiger partial charge in [-0.2, -0.15) is 5.43 Å². The van der Waals surface area contributed by atoms with E-state index in [-0.39, 0.29) is 49.8 Å². The number of hydrazine groups is 1. The van der Waals surface area contributed by atoms with Crippen molar-refractivity contribution in [2.24, 2.45) is 17.3 Å². The maximum atomic E-state index is 14.1. The summed E-state index contributed by atoms with van der Waals surface area (Å²) in [6, 6.07) is 9.45. The second-order valence-corrected chi connectivity index (χ2v) is 16.6. The largest absolute Gasteiger partial charge is 0.462 e. The van der Waals surface area contributed by atoms with E-state index in [9.17, 15) is 19.5 Å². The zero-order valence-corrected chi connectivity index (χ0v) is 32.2. The topological polar surface area (TPSA) is 148 Å². The Balaban J connectivity index is 1.36. The zero-order chi connectivity index (χ0) is 37.7. The van der Waals surface area contributed by atoms with E-state index in [1.807, 2.05) is 39.1 Å². The Morgan fingerprint density at radius 3 is 2.77 bits per heavy atom. The number of hydrogen-bond donors (Lipinski definition) is 3. The first-order valence-electron chi connectivity index (χ1n) is 18.7. The minimum absolute atomic E-state index is 0.0176. The van der Waals surface area contributed by atoms with Gasteiger partial charge in [0.05, 0.1) is 34.8 Å². The predicted octanol–water partition coefficient (Wildman–Crippen LogP) is 5.57. The second-order valence-electron chi connectivity index (χ2n) is 15.7. The minimum Gasteiger partial charge on any atom is -0.462 e. The SMILES string of the molecule is CCn1c(-c2cccnc2[C@H](C)OC)c2c3cc(ccc31)-c1csc(n1)C[C@H](NC(=O)[C@@H]1CC[C@H]1C)C(=O)N1CCC[C@@](O)(N1)C(=O)OCC(C)(C)C2. The van der Waals surface area contributed by atoms with Crippen molar-refractivity contribution in [2.75, 3.05) is 20.3 Å². The fourth-order valence-electron chi connectivity index (χ4n) is 7.94. The molecule has 3 aliphatic rings. The van der Waals surface area contributed by atoms with Crippen LogP contribution in [0.25, 0.3) is 33.4 Å². The summed E-state index contributed by atoms with van der Waals surface area (Å²) in [6.45, 7) is 11.2. The number of nitrogens with one attached hydrogen (secondary N) is 2. The highest BCUT2D eigenvalue weighted by Gasteiger charge is 2.45. The van der Waals surface area contributed by atoms with Crippen LogP contribution in [0.1, 0.15) is 82.7 Å². The number of benzene rings is 1. The molecule has 12 nitrogen and oxygen atoms in total. The molecule has 2 amide bonds. The van der Waals surface area contributed by atoms with Gasteiger partial charge in [0.25, 0.3) is 5.91 Å². The van der Waals surface area contributed by atoms with Crippen LogP contribution in [0.15, 0.2) is 41.9 Å². The van der Waals surface area contributed by atoms with Crippen molar-refractivity contribution in [2.45, 2.75) is 97.6 Å². The lowest BCUT2D eigenvalue weighted by molar-refractivity contribution is -0.189. The van der Waals surface area contributed by atoms with Crippen LogP contribution in [0.5, 0.6) is 0 Å². The van der Waals surface area contributed by atoms with Gasteiger partial charge in [-0.05, 0) is 75.3 Å². The van der Waals surface area contributed by atoms with Crippen LogP contribution in [0.3, 0.4) is 0 Å². The van der Waals surface area contributed by atoms with Crippen LogP contribution < -0.4 is 10.7 Å². The van der Waals surface area contributed by atoms with Crippen LogP contribution in [0.4, 0.5) is 0 Å². The van der Waals surface area contributed by atoms with E-state index in [0.29, 0.717) is 24.4 Å². The number of methoxy groups -OCH3 is 1. The fraction of sp³-hybridized carbons (Fsp3) is 0.525. The summed E-state index contributed by atoms with van der Waals surface area (Å²) in [5.41, 5.74) is 6.78. The van der Waals surface area contributed by atoms with Gasteiger partial charge in [0.1, 0.15) is 6.04 Å². The molecule has 0 unspecified atom stereocenters. The molecular weight excluding hydrogens is 693 g/mol. The smallest absolute Gasteiger partial charge is 0.355 e. The average molecular weight is 743 g/mol. The molecule has 2 aliphatic heterocycles. The molecular formula is C40H50N6O6S. The Kier molecular flexibility index (Phi) is 10.2. The quantitative estimate of drug-likeness (QED) is 0.216. The van der Waals surface area contributed by atoms with Gasteiger partial charge < -0.3 is 24.5 Å². The van der Waals surface area contributed by atoms with Gasteiger partial charge in [0.2, 0.25) is 11.6 Å². The molecule has 2 fully saturated rings. The number of carbonyl (C=O) groups is 3. The summed E-state index contributed by atoms with van der Waals surface area (Å²) >= 11 is 1.44. The highest BCUT2D eigenvalue weighted by molar-refractivity contribution is 7.10. The number of hydrogen-bond acceptors (Lipinski definition) is 10. The van der Waals surface area contributed by atoms with Gasteiger partial charge in [-0.3, -0.25) is 19.6 Å². The monoisotopic (exact) mass is 742 g/mol. The lowest BCUT2D eigenvalue weighted by atomic mass is 9.74. The predicted molar refractivity (Wildman–Crippen MR) is 202 cm³/mol. The third kappa shape index (κ3) is 7.11. The Labute approximate surface area is 314 Å². The van der Waals surface area contributed by atoms with Crippen molar-refractivity contribution in [1.29, 1.82) is 0 Å². The van der Waals surface area contributed by atoms with E-state index < -0.39 is 29.1 Å². The molecule has 282 valence electrons. The van der Waals surface area contributed by atoms with E-state index >= 15 is 0 Å². The Morgan fingerprint density at radius 2 is 2.06 bits per heavy atom. The molecule has 4 aromatic rings. The second kappa shape index (κ2) is 14.6. The van der Waals surface area contributed by atoms with Gasteiger partial charge in [-0.25, -0.2) is 9.78 Å². The molecule has 5 atom stereocenters. The molecule has 53 heavy (non-hydrogen) atoms. The van der Waals surface area contributed by atoms with Gasteiger partial charge >= 0.3 is 5.97 Å². The van der Waals surface area contributed by atoms with Crippen molar-refractivity contribution in [3.8, 4) is 22.5 Å². The number of cyclic esters (lactones) is 1. The van der Waals surface area contributed by atoms with E-state index in [1.54, 1.807) is 13.3 Å². The Morgan fingerprint density at radius 1 is 1.25 bits per heavy atom. The summed E-state index contributed by atoms with van der Waals surface area (Å²) in [6.07, 6.45) is 4.42. The van der Waals surface area contributed by atoms with Crippen LogP contribution in [0, 0.1) is 17.3 Å². The highest BCUT2D eigenvalue weighted by Crippen LogP contribution is 2.42. The number of carbonyl (C=O) groups excluding carboxylic acids is 3. The van der Waals surface area contributed by atoms with Crippen molar-refractivity contribution in [1.82, 2.24) is 30.3 Å². The molecule has 7 rings (SSSR count). The average Bonchev–Trinajstić information content (AvgIpc) is 3.73. The molecule has 3 aromatic heterocycles. The lowest BCUT2D eigenvalue weighted by Crippen LogP contribution is -2.67. The highest BCUT2D eigenvalue weighted by atomic mass is 32.1. The first-order chi connectivity index (χ1) is 25.3. The minimum atomic E-state index is -2.11. The number of aryl methyl sites for hydroxylation is 1. The van der Waals surface area contributed by atoms with Gasteiger partial charge in [0, 0.05) is 78.0 Å². The number of aliphatic hydroxyl groups is 1. The molecule has 1 aromatic carbocycles. The van der Waals surface area contributed by atoms with Gasteiger partial charge in [0.15, 0.2) is 0 Å². The molecule has 1 saturated carbocycles. The van der Waals surface area contributed by atoms with Crippen LogP contribution in [-0.2, 0) is 43.2 Å². The summed E-state index contributed by atoms with van der Waals surface area (Å²) in [5.74, 6) is -1.37. The summed E-state index contributed by atoms with van der Waals surface area (Å²) < 4.78 is 14.0. The number of thiazole rings is 1. The lowest BCUT2D eigenvalue weighted by Gasteiger charge is -2.40. The van der Waals surface area contributed by atoms with Crippen molar-refractivity contribution < 1.29 is 29.0 Å². The molecule has 0 radical (unpaired) electrons. The number of nitrogens with zero attached hydrogens (tertiary/aromatic N) is 4. The van der Waals surface area contributed by atoms with Gasteiger partial charge in [-0.15, -0.1) is 11.3 Å². The number of fused-ring (bicyclic) bond motifs is 6. The molecule has 13 heteroatoms. The molecule has 6 bridgehead atoms. The molecule has 1 saturated heterocycles. The van der Waals surface area contributed by atoms with E-state index in [0.717, 1.165) is 57.5 Å². The van der Waals surface area contributed by atoms with Gasteiger partial charge in [-0.1, -0.05) is 26.8 Å². The number of amides is 2.